The summed E-state index contributed by atoms with van der Waals surface area (Å²) in [5.41, 5.74) is 2.89. The summed E-state index contributed by atoms with van der Waals surface area (Å²) in [7, 11) is -1.32. The van der Waals surface area contributed by atoms with Crippen LogP contribution in [0.5, 0.6) is 11.5 Å². The first-order valence-electron chi connectivity index (χ1n) is 10.1. The number of nitrogens with zero attached hydrogens (tertiary/aromatic N) is 1. The van der Waals surface area contributed by atoms with E-state index >= 15 is 0 Å². The second kappa shape index (κ2) is 8.37. The molecule has 0 N–H and O–H groups in total. The van der Waals surface area contributed by atoms with E-state index in [0.29, 0.717) is 17.2 Å². The number of ketones is 1. The Bertz CT molecular complexity index is 1410. The Hall–Kier alpha value is -3.65. The number of ether oxygens (including phenoxy) is 2. The Morgan fingerprint density at radius 2 is 1.61 bits per heavy atom. The molecule has 0 saturated carbocycles. The monoisotopic (exact) mass is 467 g/mol. The van der Waals surface area contributed by atoms with E-state index in [2.05, 4.69) is 0 Å². The normalized spacial score (nSPS) is 14.3. The number of sulfone groups is 1. The molecule has 1 heterocycles. The summed E-state index contributed by atoms with van der Waals surface area (Å²) in [6.07, 6.45) is 1.25. The van der Waals surface area contributed by atoms with Crippen LogP contribution in [0.15, 0.2) is 70.6 Å². The third-order valence-electron chi connectivity index (χ3n) is 5.64. The van der Waals surface area contributed by atoms with Crippen molar-refractivity contribution in [2.45, 2.75) is 18.7 Å². The molecule has 33 heavy (non-hydrogen) atoms. The summed E-state index contributed by atoms with van der Waals surface area (Å²) < 4.78 is 51.4. The summed E-state index contributed by atoms with van der Waals surface area (Å²) >= 11 is 0. The molecule has 0 bridgehead atoms. The smallest absolute Gasteiger partial charge is 0.214 e. The van der Waals surface area contributed by atoms with Crippen molar-refractivity contribution in [2.75, 3.05) is 19.1 Å². The van der Waals surface area contributed by atoms with Gasteiger partial charge in [-0.25, -0.2) is 12.8 Å². The Balaban J connectivity index is 1.92. The molecular formula is C25H22FNO5S. The highest BCUT2D eigenvalue weighted by Crippen LogP contribution is 2.41. The summed E-state index contributed by atoms with van der Waals surface area (Å²) in [4.78, 5) is 14.4. The lowest BCUT2D eigenvalue weighted by Gasteiger charge is -2.29. The number of rotatable bonds is 5. The second-order valence-corrected chi connectivity index (χ2v) is 9.53. The Morgan fingerprint density at radius 3 is 2.27 bits per heavy atom. The zero-order valence-electron chi connectivity index (χ0n) is 18.5. The zero-order valence-corrected chi connectivity index (χ0v) is 19.4. The van der Waals surface area contributed by atoms with Crippen LogP contribution in [0.25, 0.3) is 0 Å². The summed E-state index contributed by atoms with van der Waals surface area (Å²) in [6.45, 7) is 3.88. The summed E-state index contributed by atoms with van der Waals surface area (Å²) in [5.74, 6) is -0.585. The minimum Gasteiger partial charge on any atom is -0.493 e. The molecule has 3 aromatic carbocycles. The minimum atomic E-state index is -4.21. The van der Waals surface area contributed by atoms with Crippen molar-refractivity contribution in [3.05, 3.63) is 88.2 Å². The SMILES string of the molecule is COc1ccc(C(=O)C2=CN(c3ccc(C)c(C)c3)c3cc(F)ccc3S2(=O)=O)cc1OC. The fraction of sp³-hybridized carbons (Fsp3) is 0.160. The number of allylic oxidation sites excluding steroid dienone is 1. The van der Waals surface area contributed by atoms with E-state index in [9.17, 15) is 17.6 Å². The van der Waals surface area contributed by atoms with Crippen LogP contribution < -0.4 is 14.4 Å². The number of aryl methyl sites for hydroxylation is 2. The summed E-state index contributed by atoms with van der Waals surface area (Å²) in [6, 6.07) is 13.4. The van der Waals surface area contributed by atoms with Gasteiger partial charge in [0.1, 0.15) is 10.7 Å². The predicted molar refractivity (Wildman–Crippen MR) is 124 cm³/mol. The Labute approximate surface area is 191 Å². The minimum absolute atomic E-state index is 0.119. The number of Topliss-reactive ketones (excluding diaryl/α,β-unsaturated/α-hetero) is 1. The van der Waals surface area contributed by atoms with E-state index in [1.807, 2.05) is 26.0 Å². The van der Waals surface area contributed by atoms with E-state index in [4.69, 9.17) is 9.47 Å². The van der Waals surface area contributed by atoms with Crippen LogP contribution in [-0.2, 0) is 9.84 Å². The van der Waals surface area contributed by atoms with Crippen LogP contribution >= 0.6 is 0 Å². The van der Waals surface area contributed by atoms with Crippen LogP contribution in [0.3, 0.4) is 0 Å². The first-order valence-corrected chi connectivity index (χ1v) is 11.6. The van der Waals surface area contributed by atoms with Crippen LogP contribution in [-0.4, -0.2) is 28.4 Å². The molecule has 8 heteroatoms. The molecular weight excluding hydrogens is 445 g/mol. The number of halogens is 1. The van der Waals surface area contributed by atoms with Crippen LogP contribution in [0.4, 0.5) is 15.8 Å². The first-order chi connectivity index (χ1) is 15.7. The van der Waals surface area contributed by atoms with E-state index in [1.54, 1.807) is 6.07 Å². The van der Waals surface area contributed by atoms with E-state index in [-0.39, 0.29) is 16.1 Å². The molecule has 0 fully saturated rings. The average Bonchev–Trinajstić information content (AvgIpc) is 2.80. The molecule has 170 valence electrons. The zero-order chi connectivity index (χ0) is 23.9. The van der Waals surface area contributed by atoms with Gasteiger partial charge in [0.25, 0.3) is 0 Å². The molecule has 0 radical (unpaired) electrons. The standard InChI is InChI=1S/C25H22FNO5S/c1-15-5-8-19(11-16(15)2)27-14-24(33(29,30)23-10-7-18(26)13-20(23)27)25(28)17-6-9-21(31-3)22(12-17)32-4/h5-14H,1-4H3. The van der Waals surface area contributed by atoms with Crippen molar-refractivity contribution in [3.63, 3.8) is 0 Å². The van der Waals surface area contributed by atoms with Gasteiger partial charge in [0.05, 0.1) is 24.8 Å². The molecule has 1 aliphatic rings. The van der Waals surface area contributed by atoms with Crippen molar-refractivity contribution >= 4 is 27.0 Å². The quantitative estimate of drug-likeness (QED) is 0.384. The number of hydrogen-bond donors (Lipinski definition) is 0. The van der Waals surface area contributed by atoms with Gasteiger partial charge in [-0.2, -0.15) is 0 Å². The average molecular weight is 468 g/mol. The van der Waals surface area contributed by atoms with Crippen molar-refractivity contribution in [1.29, 1.82) is 0 Å². The third kappa shape index (κ3) is 3.87. The van der Waals surface area contributed by atoms with Gasteiger partial charge < -0.3 is 14.4 Å². The van der Waals surface area contributed by atoms with E-state index in [1.165, 1.54) is 49.6 Å². The molecule has 0 saturated heterocycles. The molecule has 6 nitrogen and oxygen atoms in total. The lowest BCUT2D eigenvalue weighted by Crippen LogP contribution is -2.26. The maximum absolute atomic E-state index is 14.1. The van der Waals surface area contributed by atoms with E-state index in [0.717, 1.165) is 23.3 Å². The molecule has 0 aliphatic carbocycles. The molecule has 0 spiro atoms. The van der Waals surface area contributed by atoms with Crippen molar-refractivity contribution in [3.8, 4) is 11.5 Å². The molecule has 0 amide bonds. The highest BCUT2D eigenvalue weighted by Gasteiger charge is 2.36. The number of methoxy groups -OCH3 is 2. The molecule has 4 rings (SSSR count). The van der Waals surface area contributed by atoms with Crippen LogP contribution in [0, 0.1) is 19.7 Å². The highest BCUT2D eigenvalue weighted by atomic mass is 32.2. The first kappa shape index (κ1) is 22.5. The largest absolute Gasteiger partial charge is 0.493 e. The van der Waals surface area contributed by atoms with Gasteiger partial charge in [0, 0.05) is 17.5 Å². The maximum atomic E-state index is 14.1. The van der Waals surface area contributed by atoms with Gasteiger partial charge in [0.15, 0.2) is 11.5 Å². The molecule has 0 atom stereocenters. The number of anilines is 2. The predicted octanol–water partition coefficient (Wildman–Crippen LogP) is 5.11. The Kier molecular flexibility index (Phi) is 5.71. The maximum Gasteiger partial charge on any atom is 0.214 e. The number of fused-ring (bicyclic) bond motifs is 1. The molecule has 3 aromatic rings. The number of hydrogen-bond acceptors (Lipinski definition) is 6. The molecule has 0 unspecified atom stereocenters. The van der Waals surface area contributed by atoms with Gasteiger partial charge in [-0.3, -0.25) is 4.79 Å². The van der Waals surface area contributed by atoms with Gasteiger partial charge in [-0.05, 0) is 73.5 Å². The fourth-order valence-corrected chi connectivity index (χ4v) is 5.19. The fourth-order valence-electron chi connectivity index (χ4n) is 3.67. The van der Waals surface area contributed by atoms with Gasteiger partial charge in [-0.1, -0.05) is 6.07 Å². The van der Waals surface area contributed by atoms with Crippen LogP contribution in [0.1, 0.15) is 21.5 Å². The van der Waals surface area contributed by atoms with E-state index < -0.39 is 26.3 Å². The van der Waals surface area contributed by atoms with Crippen molar-refractivity contribution < 1.29 is 27.1 Å². The van der Waals surface area contributed by atoms with Gasteiger partial charge >= 0.3 is 0 Å². The molecule has 0 aromatic heterocycles. The number of carbonyl (C=O) groups is 1. The van der Waals surface area contributed by atoms with Gasteiger partial charge in [-0.15, -0.1) is 0 Å². The lowest BCUT2D eigenvalue weighted by atomic mass is 10.1. The number of carbonyl (C=O) groups excluding carboxylic acids is 1. The third-order valence-corrected chi connectivity index (χ3v) is 7.44. The van der Waals surface area contributed by atoms with Crippen LogP contribution in [0.2, 0.25) is 0 Å². The van der Waals surface area contributed by atoms with Crippen molar-refractivity contribution in [2.24, 2.45) is 0 Å². The topological polar surface area (TPSA) is 72.9 Å². The highest BCUT2D eigenvalue weighted by molar-refractivity contribution is 7.96. The lowest BCUT2D eigenvalue weighted by molar-refractivity contribution is 0.104. The second-order valence-electron chi connectivity index (χ2n) is 7.65. The Morgan fingerprint density at radius 1 is 0.879 bits per heavy atom. The molecule has 1 aliphatic heterocycles. The van der Waals surface area contributed by atoms with Gasteiger partial charge in [0.2, 0.25) is 15.6 Å². The van der Waals surface area contributed by atoms with Crippen molar-refractivity contribution in [1.82, 2.24) is 0 Å². The summed E-state index contributed by atoms with van der Waals surface area (Å²) in [5, 5.41) is 0. The number of benzene rings is 3.